The van der Waals surface area contributed by atoms with Crippen LogP contribution in [0.4, 0.5) is 5.69 Å². The Bertz CT molecular complexity index is 1250. The standard InChI is InChI=1S/C27H32N2O7S/c1-34-27(31)26-6-4-3-5-21(26)18-35-24-11-7-20(8-12-24)15-16-28-17-23(30)19-36-25-13-9-22(10-14-25)29-37(2,32)33/h3-14,23,28-30H,15-19H2,1-2H3/t23-/m0/s1. The van der Waals surface area contributed by atoms with Gasteiger partial charge in [0.25, 0.3) is 0 Å². The van der Waals surface area contributed by atoms with Gasteiger partial charge < -0.3 is 24.6 Å². The smallest absolute Gasteiger partial charge is 0.338 e. The third-order valence-electron chi connectivity index (χ3n) is 5.31. The summed E-state index contributed by atoms with van der Waals surface area (Å²) in [5.41, 5.74) is 2.80. The maximum Gasteiger partial charge on any atom is 0.338 e. The average Bonchev–Trinajstić information content (AvgIpc) is 2.89. The molecule has 3 aromatic rings. The molecule has 0 saturated heterocycles. The number of sulfonamides is 1. The predicted octanol–water partition coefficient (Wildman–Crippen LogP) is 3.00. The van der Waals surface area contributed by atoms with Gasteiger partial charge in [0, 0.05) is 17.8 Å². The van der Waals surface area contributed by atoms with E-state index in [1.807, 2.05) is 36.4 Å². The zero-order chi connectivity index (χ0) is 26.7. The summed E-state index contributed by atoms with van der Waals surface area (Å²) in [7, 11) is -1.98. The van der Waals surface area contributed by atoms with Gasteiger partial charge in [-0.3, -0.25) is 4.72 Å². The second kappa shape index (κ2) is 13.6. The first-order valence-electron chi connectivity index (χ1n) is 11.7. The molecule has 10 heteroatoms. The molecule has 0 heterocycles. The lowest BCUT2D eigenvalue weighted by Gasteiger charge is -2.14. The van der Waals surface area contributed by atoms with Crippen molar-refractivity contribution in [3.8, 4) is 11.5 Å². The van der Waals surface area contributed by atoms with Crippen molar-refractivity contribution >= 4 is 21.7 Å². The summed E-state index contributed by atoms with van der Waals surface area (Å²) in [6, 6.07) is 21.4. The van der Waals surface area contributed by atoms with Gasteiger partial charge in [-0.15, -0.1) is 0 Å². The summed E-state index contributed by atoms with van der Waals surface area (Å²) in [5, 5.41) is 13.4. The summed E-state index contributed by atoms with van der Waals surface area (Å²) < 4.78 is 41.1. The fraction of sp³-hybridized carbons (Fsp3) is 0.296. The van der Waals surface area contributed by atoms with Crippen LogP contribution >= 0.6 is 0 Å². The van der Waals surface area contributed by atoms with E-state index in [1.54, 1.807) is 36.4 Å². The van der Waals surface area contributed by atoms with Crippen LogP contribution in [0.2, 0.25) is 0 Å². The Morgan fingerprint density at radius 1 is 0.946 bits per heavy atom. The van der Waals surface area contributed by atoms with Crippen molar-refractivity contribution in [1.29, 1.82) is 0 Å². The van der Waals surface area contributed by atoms with Gasteiger partial charge in [0.15, 0.2) is 0 Å². The molecular weight excluding hydrogens is 496 g/mol. The average molecular weight is 529 g/mol. The van der Waals surface area contributed by atoms with Crippen LogP contribution < -0.4 is 19.5 Å². The number of aliphatic hydroxyl groups is 1. The number of esters is 1. The molecule has 3 rings (SSSR count). The second-order valence-electron chi connectivity index (χ2n) is 8.40. The Morgan fingerprint density at radius 2 is 1.59 bits per heavy atom. The molecular formula is C27H32N2O7S. The van der Waals surface area contributed by atoms with Gasteiger partial charge in [-0.05, 0) is 61.0 Å². The number of anilines is 1. The van der Waals surface area contributed by atoms with Gasteiger partial charge >= 0.3 is 5.97 Å². The molecule has 0 amide bonds. The van der Waals surface area contributed by atoms with Gasteiger partial charge in [0.1, 0.15) is 30.8 Å². The van der Waals surface area contributed by atoms with Gasteiger partial charge in [0.05, 0.1) is 18.9 Å². The van der Waals surface area contributed by atoms with Gasteiger partial charge in [0.2, 0.25) is 10.0 Å². The van der Waals surface area contributed by atoms with E-state index < -0.39 is 22.1 Å². The monoisotopic (exact) mass is 528 g/mol. The summed E-state index contributed by atoms with van der Waals surface area (Å²) >= 11 is 0. The van der Waals surface area contributed by atoms with Crippen molar-refractivity contribution in [2.24, 2.45) is 0 Å². The topological polar surface area (TPSA) is 123 Å². The highest BCUT2D eigenvalue weighted by atomic mass is 32.2. The summed E-state index contributed by atoms with van der Waals surface area (Å²) in [6.45, 7) is 1.41. The van der Waals surface area contributed by atoms with Crippen LogP contribution in [0.15, 0.2) is 72.8 Å². The Kier molecular flexibility index (Phi) is 10.3. The number of aliphatic hydroxyl groups excluding tert-OH is 1. The molecule has 0 saturated carbocycles. The number of carbonyl (C=O) groups excluding carboxylic acids is 1. The third-order valence-corrected chi connectivity index (χ3v) is 5.92. The van der Waals surface area contributed by atoms with E-state index in [0.29, 0.717) is 35.8 Å². The minimum absolute atomic E-state index is 0.108. The zero-order valence-corrected chi connectivity index (χ0v) is 21.7. The van der Waals surface area contributed by atoms with Crippen molar-refractivity contribution in [2.45, 2.75) is 19.1 Å². The van der Waals surface area contributed by atoms with Crippen LogP contribution in [0.1, 0.15) is 21.5 Å². The molecule has 0 bridgehead atoms. The Morgan fingerprint density at radius 3 is 2.27 bits per heavy atom. The summed E-state index contributed by atoms with van der Waals surface area (Å²) in [5.74, 6) is 0.843. The van der Waals surface area contributed by atoms with Crippen LogP contribution in [-0.2, 0) is 27.8 Å². The maximum atomic E-state index is 11.9. The predicted molar refractivity (Wildman–Crippen MR) is 142 cm³/mol. The maximum absolute atomic E-state index is 11.9. The van der Waals surface area contributed by atoms with Crippen molar-refractivity contribution < 1.29 is 32.5 Å². The minimum Gasteiger partial charge on any atom is -0.491 e. The number of nitrogens with one attached hydrogen (secondary N) is 2. The molecule has 0 aliphatic heterocycles. The molecule has 9 nitrogen and oxygen atoms in total. The molecule has 0 fully saturated rings. The summed E-state index contributed by atoms with van der Waals surface area (Å²) in [6.07, 6.45) is 1.16. The minimum atomic E-state index is -3.33. The lowest BCUT2D eigenvalue weighted by Crippen LogP contribution is -2.32. The van der Waals surface area contributed by atoms with E-state index in [9.17, 15) is 18.3 Å². The van der Waals surface area contributed by atoms with Crippen molar-refractivity contribution in [2.75, 3.05) is 37.8 Å². The Labute approximate surface area is 217 Å². The highest BCUT2D eigenvalue weighted by Gasteiger charge is 2.11. The zero-order valence-electron chi connectivity index (χ0n) is 20.8. The second-order valence-corrected chi connectivity index (χ2v) is 10.1. The highest BCUT2D eigenvalue weighted by Crippen LogP contribution is 2.18. The highest BCUT2D eigenvalue weighted by molar-refractivity contribution is 7.92. The summed E-state index contributed by atoms with van der Waals surface area (Å²) in [4.78, 5) is 11.9. The molecule has 3 N–H and O–H groups in total. The third kappa shape index (κ3) is 9.76. The van der Waals surface area contributed by atoms with Gasteiger partial charge in [-0.2, -0.15) is 0 Å². The van der Waals surface area contributed by atoms with Crippen molar-refractivity contribution in [1.82, 2.24) is 5.32 Å². The molecule has 0 aromatic heterocycles. The Balaban J connectivity index is 1.34. The molecule has 1 atom stereocenters. The molecule has 37 heavy (non-hydrogen) atoms. The van der Waals surface area contributed by atoms with Crippen LogP contribution in [0.3, 0.4) is 0 Å². The normalized spacial score (nSPS) is 12.0. The van der Waals surface area contributed by atoms with E-state index in [4.69, 9.17) is 14.2 Å². The number of carbonyl (C=O) groups is 1. The van der Waals surface area contributed by atoms with Crippen molar-refractivity contribution in [3.05, 3.63) is 89.5 Å². The van der Waals surface area contributed by atoms with E-state index >= 15 is 0 Å². The van der Waals surface area contributed by atoms with Crippen LogP contribution in [0, 0.1) is 0 Å². The number of hydrogen-bond donors (Lipinski definition) is 3. The van der Waals surface area contributed by atoms with Gasteiger partial charge in [-0.1, -0.05) is 30.3 Å². The number of benzene rings is 3. The number of methoxy groups -OCH3 is 1. The molecule has 0 spiro atoms. The van der Waals surface area contributed by atoms with Crippen LogP contribution in [0.25, 0.3) is 0 Å². The lowest BCUT2D eigenvalue weighted by atomic mass is 10.1. The SMILES string of the molecule is COC(=O)c1ccccc1COc1ccc(CCNC[C@H](O)COc2ccc(NS(C)(=O)=O)cc2)cc1. The van der Waals surface area contributed by atoms with Crippen LogP contribution in [-0.4, -0.2) is 58.7 Å². The molecule has 3 aromatic carbocycles. The largest absolute Gasteiger partial charge is 0.491 e. The van der Waals surface area contributed by atoms with E-state index in [1.165, 1.54) is 7.11 Å². The van der Waals surface area contributed by atoms with Crippen LogP contribution in [0.5, 0.6) is 11.5 Å². The molecule has 0 aliphatic carbocycles. The molecule has 0 unspecified atom stereocenters. The number of hydrogen-bond acceptors (Lipinski definition) is 8. The van der Waals surface area contributed by atoms with E-state index in [0.717, 1.165) is 23.8 Å². The quantitative estimate of drug-likeness (QED) is 0.216. The molecule has 0 radical (unpaired) electrons. The first-order chi connectivity index (χ1) is 17.7. The number of ether oxygens (including phenoxy) is 3. The fourth-order valence-corrected chi connectivity index (χ4v) is 4.02. The van der Waals surface area contributed by atoms with E-state index in [2.05, 4.69) is 10.0 Å². The first kappa shape index (κ1) is 28.0. The van der Waals surface area contributed by atoms with Crippen molar-refractivity contribution in [3.63, 3.8) is 0 Å². The Hall–Kier alpha value is -3.60. The first-order valence-corrected chi connectivity index (χ1v) is 13.6. The molecule has 0 aliphatic rings. The van der Waals surface area contributed by atoms with Gasteiger partial charge in [-0.25, -0.2) is 13.2 Å². The lowest BCUT2D eigenvalue weighted by molar-refractivity contribution is 0.0597. The number of rotatable bonds is 14. The fourth-order valence-electron chi connectivity index (χ4n) is 3.45. The molecule has 198 valence electrons. The van der Waals surface area contributed by atoms with E-state index in [-0.39, 0.29) is 13.2 Å².